The summed E-state index contributed by atoms with van der Waals surface area (Å²) in [5.74, 6) is -0.477. The number of carbonyl (C=O) groups excluding carboxylic acids is 1. The molecule has 0 spiro atoms. The second-order valence-corrected chi connectivity index (χ2v) is 6.67. The molecule has 5 nitrogen and oxygen atoms in total. The third kappa shape index (κ3) is 2.51. The molecule has 124 valence electrons. The van der Waals surface area contributed by atoms with Crippen LogP contribution in [-0.4, -0.2) is 36.3 Å². The average molecular weight is 323 g/mol. The van der Waals surface area contributed by atoms with E-state index in [1.807, 2.05) is 12.1 Å². The summed E-state index contributed by atoms with van der Waals surface area (Å²) in [6.45, 7) is 4.15. The Morgan fingerprint density at radius 2 is 1.46 bits per heavy atom. The first kappa shape index (κ1) is 15.0. The Labute approximate surface area is 141 Å². The van der Waals surface area contributed by atoms with Crippen LogP contribution in [-0.2, 0) is 0 Å². The molecule has 2 fully saturated rings. The predicted molar refractivity (Wildman–Crippen MR) is 93.8 cm³/mol. The van der Waals surface area contributed by atoms with E-state index in [4.69, 9.17) is 5.21 Å². The lowest BCUT2D eigenvalue weighted by Gasteiger charge is -2.37. The summed E-state index contributed by atoms with van der Waals surface area (Å²) in [5.41, 5.74) is 5.87. The van der Waals surface area contributed by atoms with Crippen molar-refractivity contribution < 1.29 is 10.0 Å². The van der Waals surface area contributed by atoms with Crippen LogP contribution in [0.2, 0.25) is 0 Å². The van der Waals surface area contributed by atoms with Gasteiger partial charge in [0, 0.05) is 42.1 Å². The Kier molecular flexibility index (Phi) is 3.65. The summed E-state index contributed by atoms with van der Waals surface area (Å²) >= 11 is 0. The van der Waals surface area contributed by atoms with Crippen LogP contribution in [0.15, 0.2) is 48.5 Å². The van der Waals surface area contributed by atoms with Gasteiger partial charge < -0.3 is 9.80 Å². The zero-order chi connectivity index (χ0) is 16.7. The third-order valence-electron chi connectivity index (χ3n) is 5.17. The number of hydroxylamine groups is 1. The van der Waals surface area contributed by atoms with Gasteiger partial charge in [-0.15, -0.1) is 0 Å². The minimum atomic E-state index is -0.477. The molecule has 0 radical (unpaired) electrons. The second kappa shape index (κ2) is 5.83. The number of hydrogen-bond donors (Lipinski definition) is 2. The predicted octanol–water partition coefficient (Wildman–Crippen LogP) is 2.58. The molecule has 0 aliphatic carbocycles. The van der Waals surface area contributed by atoms with Crippen LogP contribution in [0.3, 0.4) is 0 Å². The molecule has 1 amide bonds. The van der Waals surface area contributed by atoms with Gasteiger partial charge in [0.05, 0.1) is 0 Å². The molecule has 2 unspecified atom stereocenters. The van der Waals surface area contributed by atoms with Crippen LogP contribution in [0.4, 0.5) is 11.4 Å². The molecule has 24 heavy (non-hydrogen) atoms. The van der Waals surface area contributed by atoms with Crippen molar-refractivity contribution in [1.82, 2.24) is 5.48 Å². The molecule has 4 rings (SSSR count). The molecule has 0 aromatic heterocycles. The first-order valence-electron chi connectivity index (χ1n) is 8.30. The largest absolute Gasteiger partial charge is 0.365 e. The van der Waals surface area contributed by atoms with E-state index in [2.05, 4.69) is 41.0 Å². The van der Waals surface area contributed by atoms with Gasteiger partial charge in [-0.2, -0.15) is 0 Å². The fourth-order valence-electron chi connectivity index (χ4n) is 3.90. The van der Waals surface area contributed by atoms with Gasteiger partial charge in [-0.05, 0) is 49.7 Å². The molecule has 2 heterocycles. The summed E-state index contributed by atoms with van der Waals surface area (Å²) < 4.78 is 0. The third-order valence-corrected chi connectivity index (χ3v) is 5.17. The highest BCUT2D eigenvalue weighted by molar-refractivity contribution is 5.93. The zero-order valence-electron chi connectivity index (χ0n) is 13.6. The van der Waals surface area contributed by atoms with Gasteiger partial charge in [0.1, 0.15) is 0 Å². The van der Waals surface area contributed by atoms with Crippen molar-refractivity contribution >= 4 is 17.3 Å². The highest BCUT2D eigenvalue weighted by atomic mass is 16.5. The molecule has 0 saturated carbocycles. The minimum absolute atomic E-state index is 0.465. The summed E-state index contributed by atoms with van der Waals surface area (Å²) in [6, 6.07) is 17.2. The normalized spacial score (nSPS) is 22.1. The standard InChI is InChI=1S/C19H21N3O2/c1-13-2-6-15(7-3-13)21-11-18-10-17(21)12-22(18)16-8-4-14(5-9-16)19(23)20-24/h2-9,17-18,24H,10-12H2,1H3,(H,20,23). The molecule has 2 N–H and O–H groups in total. The topological polar surface area (TPSA) is 55.8 Å². The molecule has 2 aliphatic rings. The number of rotatable bonds is 3. The van der Waals surface area contributed by atoms with E-state index in [1.165, 1.54) is 17.7 Å². The quantitative estimate of drug-likeness (QED) is 0.673. The number of amides is 1. The second-order valence-electron chi connectivity index (χ2n) is 6.67. The van der Waals surface area contributed by atoms with Crippen LogP contribution in [0, 0.1) is 6.92 Å². The Morgan fingerprint density at radius 1 is 0.958 bits per heavy atom. The SMILES string of the molecule is Cc1ccc(N2CC3CC2CN3c2ccc(C(=O)NO)cc2)cc1. The number of piperazine rings is 1. The van der Waals surface area contributed by atoms with Gasteiger partial charge in [-0.1, -0.05) is 17.7 Å². The van der Waals surface area contributed by atoms with Crippen LogP contribution in [0.1, 0.15) is 22.3 Å². The molecule has 2 saturated heterocycles. The van der Waals surface area contributed by atoms with Crippen LogP contribution >= 0.6 is 0 Å². The van der Waals surface area contributed by atoms with Gasteiger partial charge in [0.15, 0.2) is 0 Å². The van der Waals surface area contributed by atoms with Crippen LogP contribution < -0.4 is 15.3 Å². The van der Waals surface area contributed by atoms with Crippen molar-refractivity contribution in [2.75, 3.05) is 22.9 Å². The molecular weight excluding hydrogens is 302 g/mol. The number of benzene rings is 2. The van der Waals surface area contributed by atoms with Crippen LogP contribution in [0.25, 0.3) is 0 Å². The van der Waals surface area contributed by atoms with Crippen molar-refractivity contribution in [2.24, 2.45) is 0 Å². The lowest BCUT2D eigenvalue weighted by atomic mass is 10.1. The fourth-order valence-corrected chi connectivity index (χ4v) is 3.90. The van der Waals surface area contributed by atoms with Gasteiger partial charge >= 0.3 is 0 Å². The number of nitrogens with one attached hydrogen (secondary N) is 1. The van der Waals surface area contributed by atoms with E-state index < -0.39 is 5.91 Å². The first-order valence-corrected chi connectivity index (χ1v) is 8.30. The van der Waals surface area contributed by atoms with Gasteiger partial charge in [-0.3, -0.25) is 10.0 Å². The van der Waals surface area contributed by atoms with E-state index in [0.717, 1.165) is 18.8 Å². The maximum atomic E-state index is 11.4. The Hall–Kier alpha value is -2.53. The van der Waals surface area contributed by atoms with E-state index in [-0.39, 0.29) is 0 Å². The van der Waals surface area contributed by atoms with Gasteiger partial charge in [0.25, 0.3) is 5.91 Å². The monoisotopic (exact) mass is 323 g/mol. The molecule has 2 atom stereocenters. The number of anilines is 2. The first-order chi connectivity index (χ1) is 11.7. The van der Waals surface area contributed by atoms with Gasteiger partial charge in [-0.25, -0.2) is 5.48 Å². The maximum Gasteiger partial charge on any atom is 0.274 e. The van der Waals surface area contributed by atoms with Crippen molar-refractivity contribution in [3.05, 3.63) is 59.7 Å². The Bertz CT molecular complexity index is 742. The molecule has 2 bridgehead atoms. The Morgan fingerprint density at radius 3 is 1.92 bits per heavy atom. The van der Waals surface area contributed by atoms with Crippen molar-refractivity contribution in [2.45, 2.75) is 25.4 Å². The van der Waals surface area contributed by atoms with Crippen LogP contribution in [0.5, 0.6) is 0 Å². The average Bonchev–Trinajstić information content (AvgIpc) is 3.22. The highest BCUT2D eigenvalue weighted by Crippen LogP contribution is 2.37. The maximum absolute atomic E-state index is 11.4. The summed E-state index contributed by atoms with van der Waals surface area (Å²) in [7, 11) is 0. The lowest BCUT2D eigenvalue weighted by Crippen LogP contribution is -2.46. The van der Waals surface area contributed by atoms with Crippen molar-refractivity contribution in [1.29, 1.82) is 0 Å². The van der Waals surface area contributed by atoms with E-state index >= 15 is 0 Å². The number of hydrogen-bond acceptors (Lipinski definition) is 4. The Balaban J connectivity index is 1.48. The van der Waals surface area contributed by atoms with E-state index in [9.17, 15) is 4.79 Å². The highest BCUT2D eigenvalue weighted by Gasteiger charge is 2.43. The number of carbonyl (C=O) groups is 1. The summed E-state index contributed by atoms with van der Waals surface area (Å²) in [4.78, 5) is 16.4. The lowest BCUT2D eigenvalue weighted by molar-refractivity contribution is 0.0706. The molecule has 2 aromatic carbocycles. The molecular formula is C19H21N3O2. The smallest absolute Gasteiger partial charge is 0.274 e. The molecule has 5 heteroatoms. The minimum Gasteiger partial charge on any atom is -0.365 e. The van der Waals surface area contributed by atoms with Crippen molar-refractivity contribution in [3.8, 4) is 0 Å². The number of aryl methyl sites for hydroxylation is 1. The van der Waals surface area contributed by atoms with E-state index in [0.29, 0.717) is 17.6 Å². The fraction of sp³-hybridized carbons (Fsp3) is 0.316. The zero-order valence-corrected chi connectivity index (χ0v) is 13.6. The summed E-state index contributed by atoms with van der Waals surface area (Å²) in [5, 5.41) is 8.69. The number of fused-ring (bicyclic) bond motifs is 2. The van der Waals surface area contributed by atoms with E-state index in [1.54, 1.807) is 17.6 Å². The van der Waals surface area contributed by atoms with Gasteiger partial charge in [0.2, 0.25) is 0 Å². The summed E-state index contributed by atoms with van der Waals surface area (Å²) in [6.07, 6.45) is 1.17. The molecule has 2 aromatic rings. The number of nitrogens with zero attached hydrogens (tertiary/aromatic N) is 2. The molecule has 2 aliphatic heterocycles. The van der Waals surface area contributed by atoms with Crippen molar-refractivity contribution in [3.63, 3.8) is 0 Å².